The molecule has 0 atom stereocenters. The fourth-order valence-corrected chi connectivity index (χ4v) is 4.39. The zero-order valence-electron chi connectivity index (χ0n) is 17.3. The largest absolute Gasteiger partial charge is 0.381 e. The van der Waals surface area contributed by atoms with Crippen molar-refractivity contribution in [1.82, 2.24) is 9.55 Å². The fraction of sp³-hybridized carbons (Fsp3) is 0.273. The maximum absolute atomic E-state index is 15.2. The third-order valence-corrected chi connectivity index (χ3v) is 6.09. The monoisotopic (exact) mass is 463 g/mol. The Bertz CT molecular complexity index is 1320. The molecule has 10 heteroatoms. The Morgan fingerprint density at radius 2 is 1.97 bits per heavy atom. The highest BCUT2D eigenvalue weighted by Gasteiger charge is 2.25. The SMILES string of the molecule is CC(CN)=C1CCCN(c2c(F)cc3c(=O)ccn(-c4nc(N)c(F)cc4F)c3c2Cl)C1. The van der Waals surface area contributed by atoms with Gasteiger partial charge in [0.15, 0.2) is 28.7 Å². The Morgan fingerprint density at radius 1 is 1.22 bits per heavy atom. The summed E-state index contributed by atoms with van der Waals surface area (Å²) in [6.45, 7) is 3.30. The summed E-state index contributed by atoms with van der Waals surface area (Å²) in [5.41, 5.74) is 13.1. The van der Waals surface area contributed by atoms with Gasteiger partial charge in [0.1, 0.15) is 5.82 Å². The molecule has 0 saturated carbocycles. The van der Waals surface area contributed by atoms with Crippen LogP contribution in [0.25, 0.3) is 16.7 Å². The average molecular weight is 464 g/mol. The summed E-state index contributed by atoms with van der Waals surface area (Å²) in [5, 5.41) is -0.137. The van der Waals surface area contributed by atoms with Gasteiger partial charge in [-0.25, -0.2) is 18.2 Å². The number of nitrogen functional groups attached to an aromatic ring is 1. The zero-order valence-corrected chi connectivity index (χ0v) is 18.0. The molecule has 0 aliphatic carbocycles. The highest BCUT2D eigenvalue weighted by Crippen LogP contribution is 2.38. The summed E-state index contributed by atoms with van der Waals surface area (Å²) >= 11 is 6.65. The molecule has 32 heavy (non-hydrogen) atoms. The number of pyridine rings is 2. The smallest absolute Gasteiger partial charge is 0.189 e. The second-order valence-electron chi connectivity index (χ2n) is 7.74. The molecule has 3 heterocycles. The summed E-state index contributed by atoms with van der Waals surface area (Å²) in [6, 6.07) is 2.80. The summed E-state index contributed by atoms with van der Waals surface area (Å²) < 4.78 is 44.6. The van der Waals surface area contributed by atoms with Crippen LogP contribution in [0.2, 0.25) is 5.02 Å². The standard InChI is InChI=1S/C22H21ClF3N5O/c1-11(9-27)12-3-2-5-30(10-12)20-14(24)7-13-17(32)4-6-31(19(13)18(20)23)22-16(26)8-15(25)21(28)29-22/h4,6-8H,2-3,5,9-10,27H2,1H3,(H2,28,29). The first-order valence-electron chi connectivity index (χ1n) is 10.0. The van der Waals surface area contributed by atoms with Crippen molar-refractivity contribution in [3.05, 3.63) is 68.2 Å². The van der Waals surface area contributed by atoms with Crippen molar-refractivity contribution in [2.75, 3.05) is 30.3 Å². The van der Waals surface area contributed by atoms with Crippen LogP contribution in [0.15, 0.2) is 40.3 Å². The van der Waals surface area contributed by atoms with Gasteiger partial charge in [0, 0.05) is 38.0 Å². The zero-order chi connectivity index (χ0) is 23.2. The molecule has 0 unspecified atom stereocenters. The van der Waals surface area contributed by atoms with Crippen LogP contribution in [0.3, 0.4) is 0 Å². The molecule has 1 aliphatic rings. The van der Waals surface area contributed by atoms with E-state index in [1.807, 2.05) is 6.92 Å². The van der Waals surface area contributed by atoms with E-state index in [1.165, 1.54) is 10.8 Å². The quantitative estimate of drug-likeness (QED) is 0.575. The molecule has 2 aromatic heterocycles. The van der Waals surface area contributed by atoms with Gasteiger partial charge in [-0.15, -0.1) is 0 Å². The molecule has 0 amide bonds. The predicted molar refractivity (Wildman–Crippen MR) is 120 cm³/mol. The van der Waals surface area contributed by atoms with Gasteiger partial charge in [-0.05, 0) is 25.8 Å². The minimum atomic E-state index is -1.02. The van der Waals surface area contributed by atoms with Gasteiger partial charge in [-0.3, -0.25) is 9.36 Å². The third-order valence-electron chi connectivity index (χ3n) is 5.73. The van der Waals surface area contributed by atoms with Crippen LogP contribution in [0, 0.1) is 17.5 Å². The Hall–Kier alpha value is -3.04. The number of hydrogen-bond acceptors (Lipinski definition) is 5. The summed E-state index contributed by atoms with van der Waals surface area (Å²) in [6.07, 6.45) is 2.87. The van der Waals surface area contributed by atoms with E-state index < -0.39 is 28.7 Å². The molecule has 6 nitrogen and oxygen atoms in total. The number of rotatable bonds is 3. The van der Waals surface area contributed by atoms with Crippen LogP contribution in [0.1, 0.15) is 19.8 Å². The van der Waals surface area contributed by atoms with Gasteiger partial charge < -0.3 is 16.4 Å². The van der Waals surface area contributed by atoms with Crippen LogP contribution in [0.4, 0.5) is 24.7 Å². The van der Waals surface area contributed by atoms with Crippen LogP contribution in [-0.4, -0.2) is 29.2 Å². The molecule has 4 rings (SSSR count). The molecule has 1 aromatic carbocycles. The van der Waals surface area contributed by atoms with E-state index in [2.05, 4.69) is 4.98 Å². The normalized spacial score (nSPS) is 16.0. The minimum Gasteiger partial charge on any atom is -0.381 e. The highest BCUT2D eigenvalue weighted by atomic mass is 35.5. The lowest BCUT2D eigenvalue weighted by atomic mass is 9.99. The maximum atomic E-state index is 15.2. The number of nitrogens with zero attached hydrogens (tertiary/aromatic N) is 3. The van der Waals surface area contributed by atoms with Gasteiger partial charge in [0.05, 0.1) is 21.6 Å². The minimum absolute atomic E-state index is 0.0552. The first-order valence-corrected chi connectivity index (χ1v) is 10.4. The number of anilines is 2. The molecule has 0 radical (unpaired) electrons. The number of piperidine rings is 1. The van der Waals surface area contributed by atoms with Crippen molar-refractivity contribution >= 4 is 34.0 Å². The van der Waals surface area contributed by atoms with E-state index in [0.29, 0.717) is 25.7 Å². The Kier molecular flexibility index (Phi) is 5.87. The first kappa shape index (κ1) is 22.2. The highest BCUT2D eigenvalue weighted by molar-refractivity contribution is 6.38. The molecular formula is C22H21ClF3N5O. The van der Waals surface area contributed by atoms with Gasteiger partial charge in [0.2, 0.25) is 0 Å². The number of nitrogens with two attached hydrogens (primary N) is 2. The van der Waals surface area contributed by atoms with Crippen molar-refractivity contribution in [3.8, 4) is 5.82 Å². The first-order chi connectivity index (χ1) is 15.2. The molecule has 0 bridgehead atoms. The van der Waals surface area contributed by atoms with Crippen LogP contribution in [0.5, 0.6) is 0 Å². The molecule has 1 aliphatic heterocycles. The fourth-order valence-electron chi connectivity index (χ4n) is 3.99. The Morgan fingerprint density at radius 3 is 2.69 bits per heavy atom. The molecular weight excluding hydrogens is 443 g/mol. The average Bonchev–Trinajstić information content (AvgIpc) is 2.77. The molecule has 0 spiro atoms. The van der Waals surface area contributed by atoms with E-state index in [0.717, 1.165) is 36.1 Å². The molecule has 168 valence electrons. The van der Waals surface area contributed by atoms with Gasteiger partial charge in [0.25, 0.3) is 0 Å². The van der Waals surface area contributed by atoms with Crippen molar-refractivity contribution in [1.29, 1.82) is 0 Å². The summed E-state index contributed by atoms with van der Waals surface area (Å²) in [7, 11) is 0. The summed E-state index contributed by atoms with van der Waals surface area (Å²) in [4.78, 5) is 18.0. The van der Waals surface area contributed by atoms with Crippen molar-refractivity contribution in [2.24, 2.45) is 5.73 Å². The Balaban J connectivity index is 1.98. The molecule has 3 aromatic rings. The predicted octanol–water partition coefficient (Wildman–Crippen LogP) is 3.91. The third kappa shape index (κ3) is 3.71. The second kappa shape index (κ2) is 8.48. The number of hydrogen-bond donors (Lipinski definition) is 2. The van der Waals surface area contributed by atoms with Gasteiger partial charge >= 0.3 is 0 Å². The number of aromatic nitrogens is 2. The van der Waals surface area contributed by atoms with E-state index in [1.54, 1.807) is 4.90 Å². The topological polar surface area (TPSA) is 90.2 Å². The lowest BCUT2D eigenvalue weighted by molar-refractivity contribution is 0.570. The van der Waals surface area contributed by atoms with Crippen molar-refractivity contribution in [2.45, 2.75) is 19.8 Å². The van der Waals surface area contributed by atoms with E-state index >= 15 is 4.39 Å². The van der Waals surface area contributed by atoms with Crippen molar-refractivity contribution < 1.29 is 13.2 Å². The second-order valence-corrected chi connectivity index (χ2v) is 8.12. The lowest BCUT2D eigenvalue weighted by Crippen LogP contribution is -2.33. The molecule has 1 saturated heterocycles. The van der Waals surface area contributed by atoms with Gasteiger partial charge in [-0.1, -0.05) is 22.7 Å². The number of halogens is 4. The number of benzene rings is 1. The number of fused-ring (bicyclic) bond motifs is 1. The van der Waals surface area contributed by atoms with Crippen LogP contribution < -0.4 is 21.8 Å². The van der Waals surface area contributed by atoms with E-state index in [9.17, 15) is 13.6 Å². The summed E-state index contributed by atoms with van der Waals surface area (Å²) in [5.74, 6) is -3.57. The maximum Gasteiger partial charge on any atom is 0.189 e. The van der Waals surface area contributed by atoms with Crippen molar-refractivity contribution in [3.63, 3.8) is 0 Å². The lowest BCUT2D eigenvalue weighted by Gasteiger charge is -2.33. The van der Waals surface area contributed by atoms with E-state index in [-0.39, 0.29) is 27.4 Å². The molecule has 1 fully saturated rings. The van der Waals surface area contributed by atoms with Crippen LogP contribution in [-0.2, 0) is 0 Å². The van der Waals surface area contributed by atoms with E-state index in [4.69, 9.17) is 23.1 Å². The van der Waals surface area contributed by atoms with Crippen LogP contribution >= 0.6 is 11.6 Å². The van der Waals surface area contributed by atoms with Gasteiger partial charge in [-0.2, -0.15) is 0 Å². The molecule has 4 N–H and O–H groups in total. The Labute approximate surface area is 186 Å².